The van der Waals surface area contributed by atoms with Gasteiger partial charge in [-0.25, -0.2) is 10.5 Å². The molecule has 0 aromatic heterocycles. The molecular weight excluding hydrogens is 817 g/mol. The molecule has 2 heterocycles. The van der Waals surface area contributed by atoms with Gasteiger partial charge in [0.1, 0.15) is 18.0 Å². The molecule has 1 unspecified atom stereocenters. The van der Waals surface area contributed by atoms with E-state index >= 15 is 0 Å². The highest BCUT2D eigenvalue weighted by Gasteiger charge is 2.46. The fourth-order valence-corrected chi connectivity index (χ4v) is 9.49. The number of rotatable bonds is 24. The van der Waals surface area contributed by atoms with Gasteiger partial charge in [-0.05, 0) is 124 Å². The second kappa shape index (κ2) is 21.9. The average molecular weight is 872 g/mol. The highest BCUT2D eigenvalue weighted by molar-refractivity contribution is 7.94. The zero-order valence-electron chi connectivity index (χ0n) is 34.8. The monoisotopic (exact) mass is 871 g/mol. The largest absolute Gasteiger partial charge is 0.508 e. The van der Waals surface area contributed by atoms with Gasteiger partial charge in [-0.2, -0.15) is 4.58 Å². The van der Waals surface area contributed by atoms with Crippen molar-refractivity contribution in [2.24, 2.45) is 0 Å². The van der Waals surface area contributed by atoms with Crippen LogP contribution in [-0.4, -0.2) is 62.4 Å². The van der Waals surface area contributed by atoms with E-state index < -0.39 is 5.97 Å². The number of carbonyl (C=O) groups is 1. The van der Waals surface area contributed by atoms with Crippen LogP contribution in [0.4, 0.5) is 11.4 Å². The summed E-state index contributed by atoms with van der Waals surface area (Å²) in [5, 5.41) is 46.0. The maximum Gasteiger partial charge on any atom is 0.303 e. The van der Waals surface area contributed by atoms with Crippen LogP contribution in [0.2, 0.25) is 0 Å². The lowest BCUT2D eigenvalue weighted by molar-refractivity contribution is -0.438. The molecule has 0 saturated carbocycles. The summed E-state index contributed by atoms with van der Waals surface area (Å²) in [6, 6.07) is 25.7. The molecule has 4 aromatic carbocycles. The zero-order valence-corrected chi connectivity index (χ0v) is 36.5. The summed E-state index contributed by atoms with van der Waals surface area (Å²) in [5.74, 6) is 0.824. The summed E-state index contributed by atoms with van der Waals surface area (Å²) in [7, 11) is 0. The van der Waals surface area contributed by atoms with Gasteiger partial charge in [-0.3, -0.25) is 4.79 Å². The molecule has 4 N–H and O–H groups in total. The molecule has 0 fully saturated rings. The van der Waals surface area contributed by atoms with Crippen molar-refractivity contribution in [3.05, 3.63) is 126 Å². The Morgan fingerprint density at radius 1 is 0.852 bits per heavy atom. The summed E-state index contributed by atoms with van der Waals surface area (Å²) < 4.78 is 17.8. The Balaban J connectivity index is 1.29. The topological polar surface area (TPSA) is 150 Å². The molecule has 14 heteroatoms. The number of carboxylic acid groups (broad SMARTS) is 1. The highest BCUT2D eigenvalue weighted by atomic mass is 32.2. The minimum Gasteiger partial charge on any atom is -0.508 e. The predicted molar refractivity (Wildman–Crippen MR) is 240 cm³/mol. The molecule has 0 saturated heterocycles. The molecule has 6 rings (SSSR count). The van der Waals surface area contributed by atoms with Crippen LogP contribution in [0.3, 0.4) is 0 Å². The van der Waals surface area contributed by atoms with Gasteiger partial charge in [0.2, 0.25) is 5.69 Å². The summed E-state index contributed by atoms with van der Waals surface area (Å²) in [4.78, 5) is 14.4. The van der Waals surface area contributed by atoms with Crippen LogP contribution in [0, 0.1) is 0 Å². The standard InChI is InChI=1S/C47H54N2O10S2/c1-46(2)42(49(29-12-5-8-19-44(51)52)41-27-21-34-20-26-37(61-59-57-54)33-38(34)45(41)46)17-6-4-7-18-43-47(3,28-11-13-32-60-58-56-53)39-15-9-10-16-40(39)48(43)30-14-31-55-36-24-22-35(50)23-25-36/h4,6-7,9-10,15-18,20-27,33H,5,8,11-14,19,28-32H2,1-3H3,(H3-,50,51,52,53,54)/p+1. The molecule has 0 bridgehead atoms. The number of allylic oxidation sites excluding steroid dienone is 6. The van der Waals surface area contributed by atoms with Crippen molar-refractivity contribution in [2.45, 2.75) is 87.9 Å². The Morgan fingerprint density at radius 2 is 1.64 bits per heavy atom. The summed E-state index contributed by atoms with van der Waals surface area (Å²) in [6.45, 7) is 8.79. The molecule has 1 atom stereocenters. The van der Waals surface area contributed by atoms with Gasteiger partial charge in [0, 0.05) is 76.6 Å². The fraction of sp³-hybridized carbons (Fsp3) is 0.362. The number of phenols is 1. The van der Waals surface area contributed by atoms with E-state index in [1.807, 2.05) is 12.1 Å². The van der Waals surface area contributed by atoms with E-state index in [1.54, 1.807) is 24.3 Å². The third-order valence-electron chi connectivity index (χ3n) is 11.5. The Labute approximate surface area is 365 Å². The quantitative estimate of drug-likeness (QED) is 0.0132. The number of aromatic hydroxyl groups is 1. The van der Waals surface area contributed by atoms with Gasteiger partial charge in [0.05, 0.1) is 24.1 Å². The van der Waals surface area contributed by atoms with Gasteiger partial charge in [-0.1, -0.05) is 59.0 Å². The van der Waals surface area contributed by atoms with Gasteiger partial charge in [0.25, 0.3) is 0 Å². The maximum absolute atomic E-state index is 11.2. The Morgan fingerprint density at radius 3 is 2.43 bits per heavy atom. The Kier molecular flexibility index (Phi) is 16.5. The number of phenolic OH excluding ortho intramolecular Hbond substituents is 1. The van der Waals surface area contributed by atoms with Crippen LogP contribution >= 0.6 is 24.1 Å². The van der Waals surface area contributed by atoms with Crippen molar-refractivity contribution in [2.75, 3.05) is 30.3 Å². The van der Waals surface area contributed by atoms with Crippen LogP contribution in [-0.2, 0) is 34.4 Å². The molecular formula is C47H55N2O10S2+. The van der Waals surface area contributed by atoms with Gasteiger partial charge < -0.3 is 19.8 Å². The third-order valence-corrected chi connectivity index (χ3v) is 12.7. The molecule has 0 amide bonds. The number of anilines is 1. The van der Waals surface area contributed by atoms with E-state index in [2.05, 4.69) is 118 Å². The fourth-order valence-electron chi connectivity index (χ4n) is 8.66. The smallest absolute Gasteiger partial charge is 0.303 e. The molecule has 61 heavy (non-hydrogen) atoms. The van der Waals surface area contributed by atoms with Crippen LogP contribution in [0.25, 0.3) is 10.8 Å². The molecule has 324 valence electrons. The number of ether oxygens (including phenoxy) is 1. The number of benzene rings is 4. The molecule has 0 radical (unpaired) electrons. The van der Waals surface area contributed by atoms with E-state index in [4.69, 9.17) is 19.6 Å². The second-order valence-electron chi connectivity index (χ2n) is 15.8. The lowest BCUT2D eigenvalue weighted by Gasteiger charge is -2.30. The first-order valence-corrected chi connectivity index (χ1v) is 22.3. The number of aliphatic carboxylic acids is 1. The number of unbranched alkanes of at least 4 members (excludes halogenated alkanes) is 3. The molecule has 4 aromatic rings. The first-order chi connectivity index (χ1) is 29.6. The normalized spacial score (nSPS) is 17.7. The summed E-state index contributed by atoms with van der Waals surface area (Å²) >= 11 is 2.02. The number of para-hydroxylation sites is 1. The third kappa shape index (κ3) is 11.3. The summed E-state index contributed by atoms with van der Waals surface area (Å²) in [5.41, 5.74) is 6.44. The first kappa shape index (κ1) is 45.9. The lowest BCUT2D eigenvalue weighted by Crippen LogP contribution is -2.30. The van der Waals surface area contributed by atoms with E-state index in [0.29, 0.717) is 24.5 Å². The van der Waals surface area contributed by atoms with Crippen molar-refractivity contribution in [3.8, 4) is 11.5 Å². The number of hydrogen-bond acceptors (Lipinski definition) is 12. The number of fused-ring (bicyclic) bond motifs is 4. The van der Waals surface area contributed by atoms with E-state index in [-0.39, 0.29) is 23.0 Å². The molecule has 12 nitrogen and oxygen atoms in total. The SMILES string of the molecule is CC1(C)C(/C=C/C=C/C=C2/N(CCCOc3ccc(O)cc3)c3ccccc3C2(C)CCCCSOOO)=[N+](CCCCCC(=O)O)c2ccc3ccc(SOOO)cc3c21. The molecule has 0 aliphatic carbocycles. The van der Waals surface area contributed by atoms with Crippen LogP contribution in [0.15, 0.2) is 120 Å². The predicted octanol–water partition coefficient (Wildman–Crippen LogP) is 11.5. The van der Waals surface area contributed by atoms with E-state index in [1.165, 1.54) is 22.5 Å². The minimum atomic E-state index is -0.774. The van der Waals surface area contributed by atoms with Crippen LogP contribution in [0.5, 0.6) is 11.5 Å². The van der Waals surface area contributed by atoms with Crippen molar-refractivity contribution >= 4 is 57.9 Å². The maximum atomic E-state index is 11.2. The van der Waals surface area contributed by atoms with Crippen molar-refractivity contribution in [1.82, 2.24) is 0 Å². The minimum absolute atomic E-state index is 0.160. The average Bonchev–Trinajstić information content (AvgIpc) is 3.62. The highest BCUT2D eigenvalue weighted by Crippen LogP contribution is 2.51. The van der Waals surface area contributed by atoms with Crippen molar-refractivity contribution in [3.63, 3.8) is 0 Å². The lowest BCUT2D eigenvalue weighted by atomic mass is 9.77. The van der Waals surface area contributed by atoms with E-state index in [9.17, 15) is 15.0 Å². The zero-order chi connectivity index (χ0) is 43.2. The molecule has 2 aliphatic rings. The van der Waals surface area contributed by atoms with Gasteiger partial charge >= 0.3 is 5.97 Å². The van der Waals surface area contributed by atoms with Gasteiger partial charge in [-0.15, -0.1) is 8.67 Å². The number of hydrogen-bond donors (Lipinski definition) is 4. The number of nitrogens with zero attached hydrogens (tertiary/aromatic N) is 2. The van der Waals surface area contributed by atoms with E-state index in [0.717, 1.165) is 103 Å². The Hall–Kier alpha value is -4.64. The second-order valence-corrected chi connectivity index (χ2v) is 17.4. The van der Waals surface area contributed by atoms with Crippen LogP contribution < -0.4 is 9.64 Å². The molecule has 0 spiro atoms. The summed E-state index contributed by atoms with van der Waals surface area (Å²) in [6.07, 6.45) is 16.7. The Bertz CT molecular complexity index is 2240. The number of carboxylic acids is 1. The van der Waals surface area contributed by atoms with Crippen LogP contribution in [0.1, 0.15) is 83.3 Å². The molecule has 2 aliphatic heterocycles. The first-order valence-electron chi connectivity index (χ1n) is 20.6. The van der Waals surface area contributed by atoms with Gasteiger partial charge in [0.15, 0.2) is 5.71 Å². The van der Waals surface area contributed by atoms with Crippen molar-refractivity contribution < 1.29 is 53.6 Å². The van der Waals surface area contributed by atoms with Crippen molar-refractivity contribution in [1.29, 1.82) is 0 Å².